The van der Waals surface area contributed by atoms with Crippen molar-refractivity contribution in [3.8, 4) is 0 Å². The first kappa shape index (κ1) is 14.1. The van der Waals surface area contributed by atoms with Gasteiger partial charge in [0.05, 0.1) is 18.1 Å². The second kappa shape index (κ2) is 5.57. The van der Waals surface area contributed by atoms with Crippen LogP contribution in [0.25, 0.3) is 0 Å². The van der Waals surface area contributed by atoms with Crippen molar-refractivity contribution in [3.05, 3.63) is 12.7 Å². The Hall–Kier alpha value is -0.980. The van der Waals surface area contributed by atoms with Crippen LogP contribution < -0.4 is 0 Å². The molecular formula is C10H15F2NO3S. The maximum Gasteiger partial charge on any atom is 0.255 e. The molecule has 4 nitrogen and oxygen atoms in total. The molecule has 0 aliphatic carbocycles. The number of carbonyl (C=O) groups is 1. The number of hydrogen-bond acceptors (Lipinski definition) is 3. The highest BCUT2D eigenvalue weighted by atomic mass is 32.2. The van der Waals surface area contributed by atoms with E-state index in [2.05, 4.69) is 6.58 Å². The number of hydrogen-bond donors (Lipinski definition) is 0. The third-order valence-corrected chi connectivity index (χ3v) is 4.47. The van der Waals surface area contributed by atoms with Gasteiger partial charge < -0.3 is 4.90 Å². The van der Waals surface area contributed by atoms with Crippen LogP contribution >= 0.6 is 0 Å². The molecule has 98 valence electrons. The van der Waals surface area contributed by atoms with Gasteiger partial charge in [0.2, 0.25) is 5.91 Å². The maximum atomic E-state index is 12.3. The highest BCUT2D eigenvalue weighted by molar-refractivity contribution is 7.91. The smallest absolute Gasteiger partial charge is 0.255 e. The van der Waals surface area contributed by atoms with E-state index < -0.39 is 34.8 Å². The average Bonchev–Trinajstić information content (AvgIpc) is 2.25. The molecule has 0 spiro atoms. The van der Waals surface area contributed by atoms with Gasteiger partial charge >= 0.3 is 0 Å². The first-order valence-corrected chi connectivity index (χ1v) is 7.09. The Kier molecular flexibility index (Phi) is 4.62. The summed E-state index contributed by atoms with van der Waals surface area (Å²) in [5, 5.41) is 0. The zero-order valence-corrected chi connectivity index (χ0v) is 10.1. The van der Waals surface area contributed by atoms with Gasteiger partial charge in [-0.25, -0.2) is 17.2 Å². The number of nitrogens with zero attached hydrogens (tertiary/aromatic N) is 1. The quantitative estimate of drug-likeness (QED) is 0.709. The van der Waals surface area contributed by atoms with Crippen LogP contribution in [0.3, 0.4) is 0 Å². The van der Waals surface area contributed by atoms with Crippen LogP contribution in [0, 0.1) is 0 Å². The lowest BCUT2D eigenvalue weighted by atomic mass is 10.1. The SMILES string of the molecule is C=CC(=O)N(CC(F)F)C1CCS(=O)(=O)CC1. The lowest BCUT2D eigenvalue weighted by Crippen LogP contribution is -2.46. The van der Waals surface area contributed by atoms with Crippen molar-refractivity contribution in [2.75, 3.05) is 18.1 Å². The molecule has 0 radical (unpaired) electrons. The molecule has 0 aromatic heterocycles. The van der Waals surface area contributed by atoms with Crippen LogP contribution in [0.5, 0.6) is 0 Å². The Morgan fingerprint density at radius 1 is 1.41 bits per heavy atom. The summed E-state index contributed by atoms with van der Waals surface area (Å²) in [5.41, 5.74) is 0. The van der Waals surface area contributed by atoms with E-state index in [1.807, 2.05) is 0 Å². The number of sulfone groups is 1. The number of rotatable bonds is 4. The van der Waals surface area contributed by atoms with Crippen LogP contribution in [0.1, 0.15) is 12.8 Å². The fourth-order valence-corrected chi connectivity index (χ4v) is 3.34. The average molecular weight is 267 g/mol. The molecule has 0 bridgehead atoms. The standard InChI is InChI=1S/C10H15F2NO3S/c1-2-10(14)13(7-9(11)12)8-3-5-17(15,16)6-4-8/h2,8-9H,1,3-7H2. The lowest BCUT2D eigenvalue weighted by molar-refractivity contribution is -0.130. The molecule has 0 N–H and O–H groups in total. The summed E-state index contributed by atoms with van der Waals surface area (Å²) in [6.07, 6.45) is -1.22. The first-order chi connectivity index (χ1) is 7.85. The second-order valence-corrected chi connectivity index (χ2v) is 6.27. The molecule has 17 heavy (non-hydrogen) atoms. The summed E-state index contributed by atoms with van der Waals surface area (Å²) in [6, 6.07) is -0.432. The molecule has 1 saturated heterocycles. The van der Waals surface area contributed by atoms with Crippen molar-refractivity contribution >= 4 is 15.7 Å². The minimum Gasteiger partial charge on any atom is -0.330 e. The fraction of sp³-hybridized carbons (Fsp3) is 0.700. The number of amides is 1. The molecule has 0 aromatic rings. The Labute approximate surface area is 99.2 Å². The van der Waals surface area contributed by atoms with Gasteiger partial charge in [-0.05, 0) is 18.9 Å². The van der Waals surface area contributed by atoms with E-state index in [-0.39, 0.29) is 24.3 Å². The van der Waals surface area contributed by atoms with E-state index >= 15 is 0 Å². The van der Waals surface area contributed by atoms with Crippen LogP contribution in [0.2, 0.25) is 0 Å². The second-order valence-electron chi connectivity index (χ2n) is 3.97. The molecule has 1 fully saturated rings. The van der Waals surface area contributed by atoms with Crippen LogP contribution in [0.15, 0.2) is 12.7 Å². The predicted molar refractivity (Wildman–Crippen MR) is 59.6 cm³/mol. The van der Waals surface area contributed by atoms with E-state index in [9.17, 15) is 22.0 Å². The van der Waals surface area contributed by atoms with E-state index in [1.165, 1.54) is 0 Å². The normalized spacial score (nSPS) is 20.2. The monoisotopic (exact) mass is 267 g/mol. The molecule has 0 atom stereocenters. The van der Waals surface area contributed by atoms with Gasteiger partial charge in [-0.3, -0.25) is 4.79 Å². The van der Waals surface area contributed by atoms with E-state index in [1.54, 1.807) is 0 Å². The minimum atomic E-state index is -3.06. The number of halogens is 2. The van der Waals surface area contributed by atoms with E-state index in [4.69, 9.17) is 0 Å². The predicted octanol–water partition coefficient (Wildman–Crippen LogP) is 0.843. The number of carbonyl (C=O) groups excluding carboxylic acids is 1. The van der Waals surface area contributed by atoms with E-state index in [0.717, 1.165) is 11.0 Å². The molecule has 1 rings (SSSR count). The maximum absolute atomic E-state index is 12.3. The summed E-state index contributed by atoms with van der Waals surface area (Å²) >= 11 is 0. The highest BCUT2D eigenvalue weighted by Gasteiger charge is 2.31. The lowest BCUT2D eigenvalue weighted by Gasteiger charge is -2.33. The molecule has 0 saturated carbocycles. The molecule has 1 aliphatic rings. The summed E-state index contributed by atoms with van der Waals surface area (Å²) in [6.45, 7) is 2.59. The van der Waals surface area contributed by atoms with Gasteiger partial charge in [0.1, 0.15) is 9.84 Å². The fourth-order valence-electron chi connectivity index (χ4n) is 1.87. The van der Waals surface area contributed by atoms with Gasteiger partial charge in [0.15, 0.2) is 0 Å². The Morgan fingerprint density at radius 3 is 2.35 bits per heavy atom. The number of alkyl halides is 2. The minimum absolute atomic E-state index is 0.0537. The molecule has 1 amide bonds. The van der Waals surface area contributed by atoms with Crippen molar-refractivity contribution in [1.29, 1.82) is 0 Å². The third kappa shape index (κ3) is 4.07. The van der Waals surface area contributed by atoms with Crippen molar-refractivity contribution < 1.29 is 22.0 Å². The van der Waals surface area contributed by atoms with Gasteiger partial charge in [-0.1, -0.05) is 6.58 Å². The zero-order chi connectivity index (χ0) is 13.1. The molecule has 0 unspecified atom stereocenters. The van der Waals surface area contributed by atoms with Crippen molar-refractivity contribution in [2.24, 2.45) is 0 Å². The van der Waals surface area contributed by atoms with Crippen molar-refractivity contribution in [1.82, 2.24) is 4.90 Å². The largest absolute Gasteiger partial charge is 0.330 e. The van der Waals surface area contributed by atoms with E-state index in [0.29, 0.717) is 0 Å². The molecule has 0 aromatic carbocycles. The van der Waals surface area contributed by atoms with Crippen molar-refractivity contribution in [3.63, 3.8) is 0 Å². The van der Waals surface area contributed by atoms with Gasteiger partial charge in [-0.15, -0.1) is 0 Å². The molecular weight excluding hydrogens is 252 g/mol. The van der Waals surface area contributed by atoms with Gasteiger partial charge in [0.25, 0.3) is 6.43 Å². The van der Waals surface area contributed by atoms with Crippen molar-refractivity contribution in [2.45, 2.75) is 25.3 Å². The third-order valence-electron chi connectivity index (χ3n) is 2.76. The first-order valence-electron chi connectivity index (χ1n) is 5.27. The highest BCUT2D eigenvalue weighted by Crippen LogP contribution is 2.19. The summed E-state index contributed by atoms with van der Waals surface area (Å²) in [7, 11) is -3.06. The van der Waals surface area contributed by atoms with Crippen LogP contribution in [-0.4, -0.2) is 49.7 Å². The summed E-state index contributed by atoms with van der Waals surface area (Å²) in [4.78, 5) is 12.5. The Morgan fingerprint density at radius 2 is 1.94 bits per heavy atom. The molecule has 7 heteroatoms. The Balaban J connectivity index is 2.71. The van der Waals surface area contributed by atoms with Gasteiger partial charge in [0, 0.05) is 6.04 Å². The zero-order valence-electron chi connectivity index (χ0n) is 9.31. The Bertz CT molecular complexity index is 380. The topological polar surface area (TPSA) is 54.5 Å². The van der Waals surface area contributed by atoms with Crippen LogP contribution in [0.4, 0.5) is 8.78 Å². The summed E-state index contributed by atoms with van der Waals surface area (Å²) in [5.74, 6) is -0.682. The molecule has 1 heterocycles. The molecule has 1 aliphatic heterocycles. The summed E-state index contributed by atoms with van der Waals surface area (Å²) < 4.78 is 47.1. The van der Waals surface area contributed by atoms with Crippen LogP contribution in [-0.2, 0) is 14.6 Å². The van der Waals surface area contributed by atoms with Gasteiger partial charge in [-0.2, -0.15) is 0 Å².